The summed E-state index contributed by atoms with van der Waals surface area (Å²) in [6.45, 7) is 1.99. The Hall–Kier alpha value is -3.27. The second kappa shape index (κ2) is 6.32. The molecule has 0 radical (unpaired) electrons. The van der Waals surface area contributed by atoms with Crippen LogP contribution in [0.4, 0.5) is 0 Å². The van der Waals surface area contributed by atoms with Gasteiger partial charge < -0.3 is 9.30 Å². The highest BCUT2D eigenvalue weighted by atomic mass is 16.5. The molecule has 0 spiro atoms. The van der Waals surface area contributed by atoms with Crippen molar-refractivity contribution in [2.75, 3.05) is 7.11 Å². The lowest BCUT2D eigenvalue weighted by molar-refractivity contribution is 0.0999. The predicted octanol–water partition coefficient (Wildman–Crippen LogP) is 2.81. The molecule has 0 saturated heterocycles. The van der Waals surface area contributed by atoms with Crippen molar-refractivity contribution in [3.8, 4) is 23.1 Å². The smallest absolute Gasteiger partial charge is 0.322 e. The number of carbonyl (C=O) groups excluding carboxylic acids is 1. The number of nitrogens with zero attached hydrogens (tertiary/aromatic N) is 3. The van der Waals surface area contributed by atoms with Gasteiger partial charge in [0.25, 0.3) is 0 Å². The predicted molar refractivity (Wildman–Crippen MR) is 90.6 cm³/mol. The molecule has 2 aromatic rings. The van der Waals surface area contributed by atoms with Gasteiger partial charge in [-0.15, -0.1) is 4.91 Å². The van der Waals surface area contributed by atoms with Gasteiger partial charge in [-0.1, -0.05) is 6.92 Å². The summed E-state index contributed by atoms with van der Waals surface area (Å²) in [5.41, 5.74) is 1.99. The molecule has 1 unspecified atom stereocenters. The first kappa shape index (κ1) is 16.6. The van der Waals surface area contributed by atoms with E-state index in [0.717, 1.165) is 17.5 Å². The average molecular weight is 337 g/mol. The van der Waals surface area contributed by atoms with Crippen molar-refractivity contribution in [2.45, 2.75) is 25.8 Å². The molecule has 1 aromatic carbocycles. The summed E-state index contributed by atoms with van der Waals surface area (Å²) in [5, 5.41) is 11.6. The number of amides is 1. The molecule has 0 N–H and O–H groups in total. The summed E-state index contributed by atoms with van der Waals surface area (Å²) in [4.78, 5) is 34.4. The Kier molecular flexibility index (Phi) is 4.19. The Morgan fingerprint density at radius 2 is 2.20 bits per heavy atom. The van der Waals surface area contributed by atoms with Gasteiger partial charge in [-0.25, -0.2) is 0 Å². The topological polar surface area (TPSA) is 102 Å². The number of benzene rings is 1. The number of aromatic nitrogens is 1. The molecular weight excluding hydrogens is 322 g/mol. The zero-order valence-electron chi connectivity index (χ0n) is 13.8. The van der Waals surface area contributed by atoms with E-state index >= 15 is 0 Å². The minimum Gasteiger partial charge on any atom is -0.495 e. The van der Waals surface area contributed by atoms with E-state index < -0.39 is 11.3 Å². The van der Waals surface area contributed by atoms with Crippen LogP contribution < -0.4 is 10.2 Å². The maximum absolute atomic E-state index is 12.3. The van der Waals surface area contributed by atoms with Gasteiger partial charge in [-0.3, -0.25) is 9.59 Å². The van der Waals surface area contributed by atoms with Crippen molar-refractivity contribution < 1.29 is 9.53 Å². The largest absolute Gasteiger partial charge is 0.495 e. The summed E-state index contributed by atoms with van der Waals surface area (Å²) >= 11 is 0. The monoisotopic (exact) mass is 337 g/mol. The lowest BCUT2D eigenvalue weighted by Gasteiger charge is -2.30. The molecule has 1 aromatic heterocycles. The number of methoxy groups -OCH3 is 1. The van der Waals surface area contributed by atoms with Gasteiger partial charge in [0.1, 0.15) is 17.4 Å². The van der Waals surface area contributed by atoms with E-state index in [2.05, 4.69) is 11.2 Å². The molecule has 0 bridgehead atoms. The second-order valence-electron chi connectivity index (χ2n) is 5.83. The Bertz CT molecular complexity index is 985. The first-order valence-corrected chi connectivity index (χ1v) is 7.79. The Morgan fingerprint density at radius 1 is 1.44 bits per heavy atom. The van der Waals surface area contributed by atoms with Crippen molar-refractivity contribution in [3.63, 3.8) is 0 Å². The summed E-state index contributed by atoms with van der Waals surface area (Å²) in [7, 11) is 1.48. The number of fused-ring (bicyclic) bond motifs is 3. The maximum atomic E-state index is 12.3. The lowest BCUT2D eigenvalue weighted by atomic mass is 9.89. The maximum Gasteiger partial charge on any atom is 0.322 e. The third-order valence-electron chi connectivity index (χ3n) is 4.53. The SMILES string of the molecule is CCC1Cc2cc(C#N)c(OC)cc2-c2cc(=O)c(C(=O)N=O)cn21. The van der Waals surface area contributed by atoms with Crippen molar-refractivity contribution >= 4 is 5.91 Å². The quantitative estimate of drug-likeness (QED) is 0.801. The van der Waals surface area contributed by atoms with Gasteiger partial charge in [-0.2, -0.15) is 5.26 Å². The third kappa shape index (κ3) is 2.62. The number of ether oxygens (including phenoxy) is 1. The van der Waals surface area contributed by atoms with Crippen LogP contribution in [0, 0.1) is 16.2 Å². The molecule has 2 heterocycles. The molecule has 1 amide bonds. The first-order valence-electron chi connectivity index (χ1n) is 7.79. The zero-order chi connectivity index (χ0) is 18.1. The fraction of sp³-hybridized carbons (Fsp3) is 0.278. The van der Waals surface area contributed by atoms with Gasteiger partial charge in [0.2, 0.25) is 0 Å². The Morgan fingerprint density at radius 3 is 2.80 bits per heavy atom. The highest BCUT2D eigenvalue weighted by molar-refractivity contribution is 5.94. The number of rotatable bonds is 3. The molecule has 1 aliphatic rings. The van der Waals surface area contributed by atoms with E-state index in [-0.39, 0.29) is 11.6 Å². The average Bonchev–Trinajstić information content (AvgIpc) is 2.64. The van der Waals surface area contributed by atoms with Crippen molar-refractivity contribution in [1.82, 2.24) is 4.57 Å². The molecule has 0 aliphatic carbocycles. The van der Waals surface area contributed by atoms with Crippen LogP contribution in [-0.4, -0.2) is 17.6 Å². The van der Waals surface area contributed by atoms with Gasteiger partial charge in [-0.05, 0) is 30.5 Å². The number of hydrogen-bond donors (Lipinski definition) is 0. The van der Waals surface area contributed by atoms with E-state index in [0.29, 0.717) is 23.4 Å². The number of nitroso groups, excluding NO2 is 1. The van der Waals surface area contributed by atoms with E-state index in [4.69, 9.17) is 4.74 Å². The number of nitriles is 1. The van der Waals surface area contributed by atoms with Crippen molar-refractivity contribution in [2.24, 2.45) is 5.18 Å². The van der Waals surface area contributed by atoms with Crippen LogP contribution in [0.5, 0.6) is 5.75 Å². The molecule has 126 valence electrons. The van der Waals surface area contributed by atoms with Crippen molar-refractivity contribution in [1.29, 1.82) is 5.26 Å². The number of hydrogen-bond acceptors (Lipinski definition) is 5. The lowest BCUT2D eigenvalue weighted by Crippen LogP contribution is -2.25. The molecule has 1 atom stereocenters. The van der Waals surface area contributed by atoms with Crippen molar-refractivity contribution in [3.05, 3.63) is 56.2 Å². The summed E-state index contributed by atoms with van der Waals surface area (Å²) in [6, 6.07) is 6.95. The fourth-order valence-electron chi connectivity index (χ4n) is 3.26. The normalized spacial score (nSPS) is 14.8. The van der Waals surface area contributed by atoms with Crippen LogP contribution in [-0.2, 0) is 6.42 Å². The molecule has 3 rings (SSSR count). The molecule has 0 fully saturated rings. The highest BCUT2D eigenvalue weighted by Crippen LogP contribution is 2.38. The third-order valence-corrected chi connectivity index (χ3v) is 4.53. The fourth-order valence-corrected chi connectivity index (χ4v) is 3.26. The molecule has 1 aliphatic heterocycles. The second-order valence-corrected chi connectivity index (χ2v) is 5.83. The number of pyridine rings is 1. The summed E-state index contributed by atoms with van der Waals surface area (Å²) < 4.78 is 7.09. The van der Waals surface area contributed by atoms with Crippen LogP contribution in [0.3, 0.4) is 0 Å². The molecular formula is C18H15N3O4. The van der Waals surface area contributed by atoms with E-state index in [1.165, 1.54) is 19.4 Å². The number of carbonyl (C=O) groups is 1. The Balaban J connectivity index is 2.30. The minimum atomic E-state index is -1.07. The first-order chi connectivity index (χ1) is 12.0. The van der Waals surface area contributed by atoms with E-state index in [9.17, 15) is 19.8 Å². The minimum absolute atomic E-state index is 0.00115. The van der Waals surface area contributed by atoms with Crippen LogP contribution in [0.25, 0.3) is 11.3 Å². The van der Waals surface area contributed by atoms with Crippen LogP contribution in [0.15, 0.2) is 34.4 Å². The summed E-state index contributed by atoms with van der Waals surface area (Å²) in [5.74, 6) is -0.650. The van der Waals surface area contributed by atoms with Crippen LogP contribution in [0.2, 0.25) is 0 Å². The van der Waals surface area contributed by atoms with Gasteiger partial charge in [0, 0.05) is 29.0 Å². The van der Waals surface area contributed by atoms with E-state index in [1.54, 1.807) is 12.1 Å². The van der Waals surface area contributed by atoms with Gasteiger partial charge in [0.05, 0.1) is 18.4 Å². The molecule has 25 heavy (non-hydrogen) atoms. The molecule has 7 heteroatoms. The molecule has 7 nitrogen and oxygen atoms in total. The zero-order valence-corrected chi connectivity index (χ0v) is 13.8. The van der Waals surface area contributed by atoms with Crippen LogP contribution >= 0.6 is 0 Å². The Labute approximate surface area is 143 Å². The summed E-state index contributed by atoms with van der Waals surface area (Å²) in [6.07, 6.45) is 2.80. The van der Waals surface area contributed by atoms with Gasteiger partial charge >= 0.3 is 5.91 Å². The van der Waals surface area contributed by atoms with Gasteiger partial charge in [0.15, 0.2) is 5.43 Å². The highest BCUT2D eigenvalue weighted by Gasteiger charge is 2.26. The molecule has 0 saturated carbocycles. The van der Waals surface area contributed by atoms with E-state index in [1.807, 2.05) is 11.5 Å². The van der Waals surface area contributed by atoms with Crippen LogP contribution in [0.1, 0.15) is 40.9 Å². The standard InChI is InChI=1S/C18H15N3O4/c1-3-12-5-10-4-11(8-19)17(25-2)6-13(10)15-7-16(22)14(9-21(12)15)18(23)20-24/h4,6-7,9,12H,3,5H2,1-2H3.